The molecule has 5 rings (SSSR count). The van der Waals surface area contributed by atoms with E-state index in [1.165, 1.54) is 0 Å². The first kappa shape index (κ1) is 24.3. The summed E-state index contributed by atoms with van der Waals surface area (Å²) in [5.41, 5.74) is 4.10. The van der Waals surface area contributed by atoms with Crippen molar-refractivity contribution < 1.29 is 4.55 Å². The molecule has 1 aliphatic carbocycles. The van der Waals surface area contributed by atoms with Gasteiger partial charge in [-0.15, -0.1) is 0 Å². The van der Waals surface area contributed by atoms with Crippen molar-refractivity contribution in [2.75, 3.05) is 11.6 Å². The molecular formula is C25H28N8O2S. The fourth-order valence-electron chi connectivity index (χ4n) is 4.10. The molecule has 0 bridgehead atoms. The summed E-state index contributed by atoms with van der Waals surface area (Å²) in [5.74, 6) is 1.35. The van der Waals surface area contributed by atoms with Gasteiger partial charge < -0.3 is 9.87 Å². The van der Waals surface area contributed by atoms with Gasteiger partial charge in [0.05, 0.1) is 41.6 Å². The van der Waals surface area contributed by atoms with Gasteiger partial charge in [0.15, 0.2) is 22.2 Å². The van der Waals surface area contributed by atoms with Gasteiger partial charge in [0.2, 0.25) is 0 Å². The number of aromatic nitrogens is 7. The number of rotatable bonds is 8. The average molecular weight is 505 g/mol. The van der Waals surface area contributed by atoms with Crippen LogP contribution in [0, 0.1) is 12.8 Å². The number of pyridine rings is 1. The molecular weight excluding hydrogens is 476 g/mol. The van der Waals surface area contributed by atoms with Crippen LogP contribution in [0.2, 0.25) is 0 Å². The van der Waals surface area contributed by atoms with Gasteiger partial charge in [-0.2, -0.15) is 0 Å². The highest BCUT2D eigenvalue weighted by molar-refractivity contribution is 7.90. The number of fused-ring (bicyclic) bond motifs is 1. The molecule has 4 aromatic heterocycles. The minimum absolute atomic E-state index is 0.210. The zero-order chi connectivity index (χ0) is 25.4. The van der Waals surface area contributed by atoms with Gasteiger partial charge in [-0.1, -0.05) is 13.8 Å². The van der Waals surface area contributed by atoms with E-state index >= 15 is 0 Å². The van der Waals surface area contributed by atoms with Gasteiger partial charge >= 0.3 is 0 Å². The lowest BCUT2D eigenvalue weighted by Crippen LogP contribution is -2.28. The molecule has 11 heteroatoms. The van der Waals surface area contributed by atoms with Gasteiger partial charge in [-0.25, -0.2) is 24.9 Å². The van der Waals surface area contributed by atoms with E-state index in [1.807, 2.05) is 6.92 Å². The molecule has 0 saturated heterocycles. The molecule has 0 aliphatic heterocycles. The summed E-state index contributed by atoms with van der Waals surface area (Å²) in [5, 5.41) is 3.11. The monoisotopic (exact) mass is 504 g/mol. The van der Waals surface area contributed by atoms with Crippen molar-refractivity contribution >= 4 is 28.2 Å². The van der Waals surface area contributed by atoms with Gasteiger partial charge in [0.25, 0.3) is 5.56 Å². The van der Waals surface area contributed by atoms with Crippen LogP contribution in [0.1, 0.15) is 49.7 Å². The van der Waals surface area contributed by atoms with Gasteiger partial charge in [-0.3, -0.25) is 14.3 Å². The highest BCUT2D eigenvalue weighted by Crippen LogP contribution is 2.43. The first-order chi connectivity index (χ1) is 17.3. The minimum atomic E-state index is -1.09. The van der Waals surface area contributed by atoms with Gasteiger partial charge in [0.1, 0.15) is 18.1 Å². The van der Waals surface area contributed by atoms with Crippen molar-refractivity contribution in [3.63, 3.8) is 0 Å². The normalized spacial score (nSPS) is 14.4. The van der Waals surface area contributed by atoms with Crippen molar-refractivity contribution in [3.8, 4) is 11.4 Å². The maximum absolute atomic E-state index is 13.5. The summed E-state index contributed by atoms with van der Waals surface area (Å²) in [6, 6.07) is 3.56. The van der Waals surface area contributed by atoms with E-state index < -0.39 is 11.2 Å². The zero-order valence-electron chi connectivity index (χ0n) is 20.7. The Labute approximate surface area is 211 Å². The first-order valence-corrected chi connectivity index (χ1v) is 13.5. The predicted octanol–water partition coefficient (Wildman–Crippen LogP) is 3.23. The van der Waals surface area contributed by atoms with Crippen molar-refractivity contribution in [1.82, 2.24) is 34.5 Å². The Hall–Kier alpha value is -3.44. The van der Waals surface area contributed by atoms with Crippen molar-refractivity contribution in [2.45, 2.75) is 57.5 Å². The van der Waals surface area contributed by atoms with Crippen molar-refractivity contribution in [3.05, 3.63) is 58.3 Å². The van der Waals surface area contributed by atoms with Crippen LogP contribution in [-0.4, -0.2) is 45.3 Å². The standard InChI is InChI=1S/C25H28N8O2S/c1-14(2)12-33-24-19(11-28-22(32-24)20-15(3)29-13-30-21(20)16-5-6-16)31-23(25(33)34)27-9-17-7-8-18(10-26-17)36(4)35/h7-8,10-11,13-14,16H,5-6,9,12H2,1-4H3,(H,27,31). The lowest BCUT2D eigenvalue weighted by atomic mass is 10.1. The van der Waals surface area contributed by atoms with E-state index in [0.29, 0.717) is 46.6 Å². The minimum Gasteiger partial charge on any atom is -0.612 e. The molecule has 0 radical (unpaired) electrons. The number of aryl methyl sites for hydroxylation is 1. The molecule has 1 N–H and O–H groups in total. The maximum atomic E-state index is 13.5. The molecule has 4 heterocycles. The van der Waals surface area contributed by atoms with Crippen LogP contribution in [0.3, 0.4) is 0 Å². The molecule has 4 aromatic rings. The van der Waals surface area contributed by atoms with Gasteiger partial charge in [0, 0.05) is 12.5 Å². The summed E-state index contributed by atoms with van der Waals surface area (Å²) in [4.78, 5) is 41.3. The Bertz CT molecular complexity index is 1470. The lowest BCUT2D eigenvalue weighted by molar-refractivity contribution is 0.520. The number of hydrogen-bond donors (Lipinski definition) is 1. The Kier molecular flexibility index (Phi) is 6.67. The molecule has 1 aliphatic rings. The third-order valence-electron chi connectivity index (χ3n) is 6.05. The second-order valence-corrected chi connectivity index (χ2v) is 10.8. The molecule has 10 nitrogen and oxygen atoms in total. The Morgan fingerprint density at radius 2 is 1.94 bits per heavy atom. The fraction of sp³-hybridized carbons (Fsp3) is 0.400. The Morgan fingerprint density at radius 3 is 2.61 bits per heavy atom. The van der Waals surface area contributed by atoms with E-state index in [2.05, 4.69) is 44.1 Å². The van der Waals surface area contributed by atoms with Crippen LogP contribution in [0.5, 0.6) is 0 Å². The van der Waals surface area contributed by atoms with Crippen LogP contribution in [-0.2, 0) is 24.3 Å². The fourth-order valence-corrected chi connectivity index (χ4v) is 4.56. The Morgan fingerprint density at radius 1 is 1.14 bits per heavy atom. The molecule has 0 aromatic carbocycles. The third-order valence-corrected chi connectivity index (χ3v) is 6.96. The SMILES string of the molecule is Cc1ncnc(C2CC2)c1-c1ncc2nc(NCc3ccc([S+](C)[O-])cn3)c(=O)n(CC(C)C)c2n1. The summed E-state index contributed by atoms with van der Waals surface area (Å²) < 4.78 is 13.3. The molecule has 186 valence electrons. The predicted molar refractivity (Wildman–Crippen MR) is 138 cm³/mol. The molecule has 1 unspecified atom stereocenters. The second kappa shape index (κ2) is 9.90. The average Bonchev–Trinajstić information content (AvgIpc) is 3.70. The maximum Gasteiger partial charge on any atom is 0.294 e. The van der Waals surface area contributed by atoms with Crippen LogP contribution in [0.25, 0.3) is 22.6 Å². The molecule has 1 saturated carbocycles. The van der Waals surface area contributed by atoms with Gasteiger partial charge in [-0.05, 0) is 49.0 Å². The third kappa shape index (κ3) is 4.93. The van der Waals surface area contributed by atoms with Crippen LogP contribution in [0.15, 0.2) is 40.5 Å². The largest absolute Gasteiger partial charge is 0.612 e. The molecule has 36 heavy (non-hydrogen) atoms. The summed E-state index contributed by atoms with van der Waals surface area (Å²) in [7, 11) is 0. The molecule has 1 atom stereocenters. The van der Waals surface area contributed by atoms with Crippen LogP contribution >= 0.6 is 0 Å². The van der Waals surface area contributed by atoms with Crippen molar-refractivity contribution in [2.24, 2.45) is 5.92 Å². The smallest absolute Gasteiger partial charge is 0.294 e. The molecule has 1 fully saturated rings. The first-order valence-electron chi connectivity index (χ1n) is 11.9. The van der Waals surface area contributed by atoms with Crippen molar-refractivity contribution in [1.29, 1.82) is 0 Å². The van der Waals surface area contributed by atoms with Crippen LogP contribution in [0.4, 0.5) is 5.82 Å². The Balaban J connectivity index is 1.54. The summed E-state index contributed by atoms with van der Waals surface area (Å²) in [6.45, 7) is 6.82. The van der Waals surface area contributed by atoms with E-state index in [9.17, 15) is 9.35 Å². The number of nitrogens with one attached hydrogen (secondary N) is 1. The van der Waals surface area contributed by atoms with Crippen LogP contribution < -0.4 is 10.9 Å². The summed E-state index contributed by atoms with van der Waals surface area (Å²) in [6.07, 6.45) is 8.63. The zero-order valence-corrected chi connectivity index (χ0v) is 21.5. The molecule has 0 spiro atoms. The highest BCUT2D eigenvalue weighted by Gasteiger charge is 2.30. The highest BCUT2D eigenvalue weighted by atomic mass is 32.2. The number of anilines is 1. The molecule has 0 amide bonds. The van der Waals surface area contributed by atoms with E-state index in [4.69, 9.17) is 4.98 Å². The summed E-state index contributed by atoms with van der Waals surface area (Å²) >= 11 is -1.09. The van der Waals surface area contributed by atoms with E-state index in [-0.39, 0.29) is 17.3 Å². The number of hydrogen-bond acceptors (Lipinski definition) is 9. The van der Waals surface area contributed by atoms with E-state index in [0.717, 1.165) is 29.8 Å². The lowest BCUT2D eigenvalue weighted by Gasteiger charge is -2.15. The topological polar surface area (TPSA) is 134 Å². The second-order valence-electron chi connectivity index (χ2n) is 9.46. The number of nitrogens with zero attached hydrogens (tertiary/aromatic N) is 7. The quantitative estimate of drug-likeness (QED) is 0.359. The van der Waals surface area contributed by atoms with E-state index in [1.54, 1.807) is 41.7 Å².